The first-order valence-corrected chi connectivity index (χ1v) is 11.4. The molecular formula is C24H25FN2O3S. The standard InChI is InChI=1S/C24H25FN2O3S/c1-4-22(20-13-12-16(2)14-17(20)3)26-24(28)18-8-7-9-19(15-18)31(29,30)27-23-11-6-5-10-21(23)25/h5-15,22,27H,4H2,1-3H3,(H,26,28)/t22-/m0/s1. The summed E-state index contributed by atoms with van der Waals surface area (Å²) in [4.78, 5) is 12.7. The average Bonchev–Trinajstić information content (AvgIpc) is 2.74. The SMILES string of the molecule is CC[C@H](NC(=O)c1cccc(S(=O)(=O)Nc2ccccc2F)c1)c1ccc(C)cc1C. The highest BCUT2D eigenvalue weighted by Gasteiger charge is 2.20. The molecule has 0 spiro atoms. The fourth-order valence-electron chi connectivity index (χ4n) is 3.41. The number of carbonyl (C=O) groups is 1. The van der Waals surface area contributed by atoms with Crippen molar-refractivity contribution < 1.29 is 17.6 Å². The predicted molar refractivity (Wildman–Crippen MR) is 120 cm³/mol. The van der Waals surface area contributed by atoms with Crippen molar-refractivity contribution in [2.75, 3.05) is 4.72 Å². The number of para-hydroxylation sites is 1. The van der Waals surface area contributed by atoms with Gasteiger partial charge in [0.2, 0.25) is 0 Å². The minimum atomic E-state index is -4.06. The third-order valence-electron chi connectivity index (χ3n) is 5.04. The van der Waals surface area contributed by atoms with E-state index in [2.05, 4.69) is 16.1 Å². The maximum atomic E-state index is 13.9. The Labute approximate surface area is 182 Å². The van der Waals surface area contributed by atoms with Gasteiger partial charge in [0.05, 0.1) is 16.6 Å². The number of nitrogens with one attached hydrogen (secondary N) is 2. The van der Waals surface area contributed by atoms with E-state index in [-0.39, 0.29) is 28.1 Å². The van der Waals surface area contributed by atoms with Crippen LogP contribution in [0.4, 0.5) is 10.1 Å². The third-order valence-corrected chi connectivity index (χ3v) is 6.40. The first kappa shape index (κ1) is 22.5. The normalized spacial score (nSPS) is 12.3. The van der Waals surface area contributed by atoms with Gasteiger partial charge in [-0.15, -0.1) is 0 Å². The van der Waals surface area contributed by atoms with E-state index < -0.39 is 15.8 Å². The maximum Gasteiger partial charge on any atom is 0.262 e. The molecule has 31 heavy (non-hydrogen) atoms. The quantitative estimate of drug-likeness (QED) is 0.535. The van der Waals surface area contributed by atoms with Gasteiger partial charge in [-0.25, -0.2) is 12.8 Å². The highest BCUT2D eigenvalue weighted by atomic mass is 32.2. The lowest BCUT2D eigenvalue weighted by Gasteiger charge is -2.20. The molecule has 0 fully saturated rings. The summed E-state index contributed by atoms with van der Waals surface area (Å²) in [7, 11) is -4.06. The number of carbonyl (C=O) groups excluding carboxylic acids is 1. The van der Waals surface area contributed by atoms with Crippen LogP contribution in [-0.4, -0.2) is 14.3 Å². The van der Waals surface area contributed by atoms with E-state index in [0.29, 0.717) is 6.42 Å². The van der Waals surface area contributed by atoms with Crippen LogP contribution in [0.2, 0.25) is 0 Å². The van der Waals surface area contributed by atoms with Crippen LogP contribution in [0.15, 0.2) is 71.6 Å². The van der Waals surface area contributed by atoms with E-state index in [1.54, 1.807) is 6.07 Å². The van der Waals surface area contributed by atoms with Gasteiger partial charge in [-0.3, -0.25) is 9.52 Å². The molecule has 162 valence electrons. The van der Waals surface area contributed by atoms with Crippen LogP contribution in [-0.2, 0) is 10.0 Å². The molecule has 0 unspecified atom stereocenters. The van der Waals surface area contributed by atoms with Crippen LogP contribution in [0, 0.1) is 19.7 Å². The van der Waals surface area contributed by atoms with Gasteiger partial charge in [0, 0.05) is 5.56 Å². The average molecular weight is 441 g/mol. The zero-order chi connectivity index (χ0) is 22.6. The second kappa shape index (κ2) is 9.31. The second-order valence-electron chi connectivity index (χ2n) is 7.41. The van der Waals surface area contributed by atoms with E-state index in [1.165, 1.54) is 42.5 Å². The van der Waals surface area contributed by atoms with Gasteiger partial charge in [-0.1, -0.05) is 48.9 Å². The topological polar surface area (TPSA) is 75.3 Å². The molecule has 0 radical (unpaired) electrons. The molecule has 3 aromatic carbocycles. The van der Waals surface area contributed by atoms with Crippen molar-refractivity contribution >= 4 is 21.6 Å². The highest BCUT2D eigenvalue weighted by molar-refractivity contribution is 7.92. The van der Waals surface area contributed by atoms with E-state index in [1.807, 2.05) is 32.9 Å². The van der Waals surface area contributed by atoms with Gasteiger partial charge >= 0.3 is 0 Å². The van der Waals surface area contributed by atoms with E-state index >= 15 is 0 Å². The Balaban J connectivity index is 1.83. The number of benzene rings is 3. The molecule has 0 aromatic heterocycles. The van der Waals surface area contributed by atoms with Crippen LogP contribution in [0.1, 0.15) is 46.4 Å². The summed E-state index contributed by atoms with van der Waals surface area (Å²) in [5.41, 5.74) is 3.30. The van der Waals surface area contributed by atoms with Gasteiger partial charge in [-0.05, 0) is 61.7 Å². The van der Waals surface area contributed by atoms with Crippen molar-refractivity contribution in [2.24, 2.45) is 0 Å². The van der Waals surface area contributed by atoms with Crippen molar-refractivity contribution in [1.82, 2.24) is 5.32 Å². The predicted octanol–water partition coefficient (Wildman–Crippen LogP) is 5.12. The molecule has 2 N–H and O–H groups in total. The number of sulfonamides is 1. The second-order valence-corrected chi connectivity index (χ2v) is 9.09. The molecular weight excluding hydrogens is 415 g/mol. The molecule has 7 heteroatoms. The molecule has 0 aliphatic carbocycles. The summed E-state index contributed by atoms with van der Waals surface area (Å²) in [5.74, 6) is -1.06. The van der Waals surface area contributed by atoms with Crippen LogP contribution in [0.3, 0.4) is 0 Å². The van der Waals surface area contributed by atoms with Crippen LogP contribution in [0.25, 0.3) is 0 Å². The number of anilines is 1. The van der Waals surface area contributed by atoms with Crippen LogP contribution >= 0.6 is 0 Å². The molecule has 0 heterocycles. The minimum Gasteiger partial charge on any atom is -0.345 e. The molecule has 1 amide bonds. The van der Waals surface area contributed by atoms with E-state index in [9.17, 15) is 17.6 Å². The third kappa shape index (κ3) is 5.30. The monoisotopic (exact) mass is 440 g/mol. The summed E-state index contributed by atoms with van der Waals surface area (Å²) < 4.78 is 41.5. The van der Waals surface area contributed by atoms with Crippen molar-refractivity contribution in [3.63, 3.8) is 0 Å². The molecule has 0 saturated heterocycles. The molecule has 0 aliphatic rings. The van der Waals surface area contributed by atoms with Gasteiger partial charge in [0.1, 0.15) is 5.82 Å². The Morgan fingerprint density at radius 3 is 2.42 bits per heavy atom. The Hall–Kier alpha value is -3.19. The Bertz CT molecular complexity index is 1210. The summed E-state index contributed by atoms with van der Waals surface area (Å²) >= 11 is 0. The van der Waals surface area contributed by atoms with Gasteiger partial charge in [0.15, 0.2) is 0 Å². The summed E-state index contributed by atoms with van der Waals surface area (Å²) in [5, 5.41) is 2.98. The lowest BCUT2D eigenvalue weighted by molar-refractivity contribution is 0.0935. The van der Waals surface area contributed by atoms with Crippen molar-refractivity contribution in [2.45, 2.75) is 38.1 Å². The number of halogens is 1. The van der Waals surface area contributed by atoms with E-state index in [0.717, 1.165) is 16.7 Å². The zero-order valence-electron chi connectivity index (χ0n) is 17.6. The molecule has 0 saturated carbocycles. The number of hydrogen-bond acceptors (Lipinski definition) is 3. The summed E-state index contributed by atoms with van der Waals surface area (Å²) in [6, 6.07) is 17.0. The molecule has 0 bridgehead atoms. The molecule has 1 atom stereocenters. The first-order chi connectivity index (χ1) is 14.7. The molecule has 0 aliphatic heterocycles. The first-order valence-electron chi connectivity index (χ1n) is 9.96. The fourth-order valence-corrected chi connectivity index (χ4v) is 4.52. The van der Waals surface area contributed by atoms with Crippen LogP contribution < -0.4 is 10.0 Å². The summed E-state index contributed by atoms with van der Waals surface area (Å²) in [6.07, 6.45) is 0.683. The van der Waals surface area contributed by atoms with Gasteiger partial charge in [0.25, 0.3) is 15.9 Å². The lowest BCUT2D eigenvalue weighted by atomic mass is 9.97. The number of aryl methyl sites for hydroxylation is 2. The largest absolute Gasteiger partial charge is 0.345 e. The van der Waals surface area contributed by atoms with Crippen molar-refractivity contribution in [3.8, 4) is 0 Å². The molecule has 3 aromatic rings. The Morgan fingerprint density at radius 2 is 1.74 bits per heavy atom. The lowest BCUT2D eigenvalue weighted by Crippen LogP contribution is -2.29. The number of hydrogen-bond donors (Lipinski definition) is 2. The maximum absolute atomic E-state index is 13.9. The Morgan fingerprint density at radius 1 is 1.00 bits per heavy atom. The zero-order valence-corrected chi connectivity index (χ0v) is 18.5. The molecule has 5 nitrogen and oxygen atoms in total. The minimum absolute atomic E-state index is 0.122. The summed E-state index contributed by atoms with van der Waals surface area (Å²) in [6.45, 7) is 5.99. The van der Waals surface area contributed by atoms with Crippen LogP contribution in [0.5, 0.6) is 0 Å². The van der Waals surface area contributed by atoms with Crippen molar-refractivity contribution in [1.29, 1.82) is 0 Å². The fraction of sp³-hybridized carbons (Fsp3) is 0.208. The highest BCUT2D eigenvalue weighted by Crippen LogP contribution is 2.23. The Kier molecular flexibility index (Phi) is 6.75. The number of amides is 1. The molecule has 3 rings (SSSR count). The smallest absolute Gasteiger partial charge is 0.262 e. The van der Waals surface area contributed by atoms with Gasteiger partial charge in [-0.2, -0.15) is 0 Å². The van der Waals surface area contributed by atoms with Crippen molar-refractivity contribution in [3.05, 3.63) is 94.8 Å². The van der Waals surface area contributed by atoms with E-state index in [4.69, 9.17) is 0 Å². The number of rotatable bonds is 7. The van der Waals surface area contributed by atoms with Gasteiger partial charge < -0.3 is 5.32 Å².